The summed E-state index contributed by atoms with van der Waals surface area (Å²) >= 11 is 13.0. The third-order valence-electron chi connectivity index (χ3n) is 4.89. The van der Waals surface area contributed by atoms with Crippen molar-refractivity contribution in [3.8, 4) is 0 Å². The number of benzene rings is 2. The van der Waals surface area contributed by atoms with Crippen LogP contribution in [-0.2, 0) is 9.59 Å². The first-order chi connectivity index (χ1) is 14.4. The van der Waals surface area contributed by atoms with E-state index in [2.05, 4.69) is 0 Å². The molecule has 3 aromatic rings. The van der Waals surface area contributed by atoms with Gasteiger partial charge >= 0.3 is 0 Å². The Balaban J connectivity index is 1.88. The molecule has 2 aromatic carbocycles. The van der Waals surface area contributed by atoms with Crippen molar-refractivity contribution in [2.45, 2.75) is 13.8 Å². The minimum absolute atomic E-state index is 0.0317. The molecule has 2 amide bonds. The van der Waals surface area contributed by atoms with E-state index >= 15 is 0 Å². The van der Waals surface area contributed by atoms with Crippen LogP contribution in [0.25, 0.3) is 6.08 Å². The zero-order chi connectivity index (χ0) is 21.4. The lowest BCUT2D eigenvalue weighted by Crippen LogP contribution is -2.56. The molecule has 0 N–H and O–H groups in total. The molecule has 4 rings (SSSR count). The number of halogens is 1. The molecule has 1 aliphatic rings. The average molecular weight is 453 g/mol. The van der Waals surface area contributed by atoms with Gasteiger partial charge in [-0.05, 0) is 79.7 Å². The van der Waals surface area contributed by atoms with E-state index in [4.69, 9.17) is 23.8 Å². The normalized spacial score (nSPS) is 16.0. The minimum Gasteiger partial charge on any atom is -0.268 e. The number of thiocarbonyl (C=S) groups is 1. The predicted octanol–water partition coefficient (Wildman–Crippen LogP) is 5.77. The van der Waals surface area contributed by atoms with Crippen LogP contribution in [0.3, 0.4) is 0 Å². The summed E-state index contributed by atoms with van der Waals surface area (Å²) in [4.78, 5) is 30.3. The molecular weight excluding hydrogens is 436 g/mol. The van der Waals surface area contributed by atoms with Gasteiger partial charge in [0.2, 0.25) is 0 Å². The molecule has 1 aromatic heterocycles. The number of thiophene rings is 1. The van der Waals surface area contributed by atoms with Gasteiger partial charge < -0.3 is 0 Å². The van der Waals surface area contributed by atoms with Crippen LogP contribution in [0.15, 0.2) is 66.2 Å². The zero-order valence-corrected chi connectivity index (χ0v) is 18.6. The van der Waals surface area contributed by atoms with E-state index in [-0.39, 0.29) is 10.7 Å². The summed E-state index contributed by atoms with van der Waals surface area (Å²) in [5, 5.41) is 0.126. The Bertz CT molecular complexity index is 1200. The van der Waals surface area contributed by atoms with Gasteiger partial charge in [0, 0.05) is 4.88 Å². The van der Waals surface area contributed by atoms with E-state index in [1.54, 1.807) is 30.3 Å². The van der Waals surface area contributed by atoms with Gasteiger partial charge in [-0.25, -0.2) is 0 Å². The lowest BCUT2D eigenvalue weighted by Gasteiger charge is -2.36. The van der Waals surface area contributed by atoms with Crippen molar-refractivity contribution in [3.63, 3.8) is 0 Å². The highest BCUT2D eigenvalue weighted by atomic mass is 35.5. The highest BCUT2D eigenvalue weighted by molar-refractivity contribution is 7.81. The van der Waals surface area contributed by atoms with Crippen LogP contribution in [-0.4, -0.2) is 16.9 Å². The Morgan fingerprint density at radius 3 is 2.13 bits per heavy atom. The highest BCUT2D eigenvalue weighted by Gasteiger charge is 2.41. The lowest BCUT2D eigenvalue weighted by atomic mass is 10.1. The molecule has 150 valence electrons. The van der Waals surface area contributed by atoms with Gasteiger partial charge in [-0.1, -0.05) is 35.9 Å². The Labute approximate surface area is 189 Å². The summed E-state index contributed by atoms with van der Waals surface area (Å²) in [6, 6.07) is 18.3. The van der Waals surface area contributed by atoms with Crippen molar-refractivity contribution >= 4 is 69.5 Å². The lowest BCUT2D eigenvalue weighted by molar-refractivity contribution is -0.120. The third kappa shape index (κ3) is 3.69. The van der Waals surface area contributed by atoms with Gasteiger partial charge in [-0.3, -0.25) is 19.4 Å². The summed E-state index contributed by atoms with van der Waals surface area (Å²) in [6.07, 6.45) is 1.58. The molecule has 1 fully saturated rings. The first kappa shape index (κ1) is 20.5. The predicted molar refractivity (Wildman–Crippen MR) is 127 cm³/mol. The number of aryl methyl sites for hydroxylation is 2. The molecule has 0 atom stereocenters. The zero-order valence-electron chi connectivity index (χ0n) is 16.3. The van der Waals surface area contributed by atoms with Gasteiger partial charge in [-0.15, -0.1) is 11.3 Å². The summed E-state index contributed by atoms with van der Waals surface area (Å²) in [6.45, 7) is 3.97. The number of para-hydroxylation sites is 1. The van der Waals surface area contributed by atoms with Crippen LogP contribution in [0.4, 0.5) is 11.4 Å². The van der Waals surface area contributed by atoms with Crippen molar-refractivity contribution in [3.05, 3.63) is 86.6 Å². The fourth-order valence-corrected chi connectivity index (χ4v) is 4.56. The number of nitrogens with zero attached hydrogens (tertiary/aromatic N) is 2. The molecule has 0 unspecified atom stereocenters. The average Bonchev–Trinajstić information content (AvgIpc) is 3.14. The molecule has 30 heavy (non-hydrogen) atoms. The van der Waals surface area contributed by atoms with Crippen LogP contribution in [0.5, 0.6) is 0 Å². The summed E-state index contributed by atoms with van der Waals surface area (Å²) < 4.78 is 0.582. The first-order valence-electron chi connectivity index (χ1n) is 9.19. The maximum atomic E-state index is 13.4. The fourth-order valence-electron chi connectivity index (χ4n) is 3.17. The van der Waals surface area contributed by atoms with Gasteiger partial charge in [0.25, 0.3) is 11.8 Å². The van der Waals surface area contributed by atoms with Crippen molar-refractivity contribution in [2.75, 3.05) is 9.80 Å². The summed E-state index contributed by atoms with van der Waals surface area (Å²) in [5.74, 6) is -0.911. The van der Waals surface area contributed by atoms with Crippen LogP contribution >= 0.6 is 35.2 Å². The molecule has 4 nitrogen and oxygen atoms in total. The van der Waals surface area contributed by atoms with E-state index in [1.165, 1.54) is 21.1 Å². The second-order valence-corrected chi connectivity index (χ2v) is 8.98. The van der Waals surface area contributed by atoms with Crippen molar-refractivity contribution in [2.24, 2.45) is 0 Å². The molecule has 0 spiro atoms. The minimum atomic E-state index is -0.458. The number of carbonyl (C=O) groups excluding carboxylic acids is 2. The van der Waals surface area contributed by atoms with E-state index < -0.39 is 11.8 Å². The Morgan fingerprint density at radius 2 is 1.53 bits per heavy atom. The first-order valence-corrected chi connectivity index (χ1v) is 10.8. The Morgan fingerprint density at radius 1 is 0.867 bits per heavy atom. The fraction of sp³-hybridized carbons (Fsp3) is 0.0870. The quantitative estimate of drug-likeness (QED) is 0.288. The molecule has 0 saturated carbocycles. The number of hydrogen-bond acceptors (Lipinski definition) is 4. The van der Waals surface area contributed by atoms with Gasteiger partial charge in [-0.2, -0.15) is 0 Å². The second-order valence-electron chi connectivity index (χ2n) is 6.87. The monoisotopic (exact) mass is 452 g/mol. The van der Waals surface area contributed by atoms with Crippen molar-refractivity contribution < 1.29 is 9.59 Å². The second kappa shape index (κ2) is 8.14. The number of carbonyl (C=O) groups is 2. The molecular formula is C23H17ClN2O2S2. The van der Waals surface area contributed by atoms with Crippen LogP contribution in [0.2, 0.25) is 4.34 Å². The molecule has 0 radical (unpaired) electrons. The van der Waals surface area contributed by atoms with Crippen molar-refractivity contribution in [1.29, 1.82) is 0 Å². The number of hydrogen-bond donors (Lipinski definition) is 0. The molecule has 7 heteroatoms. The van der Waals surface area contributed by atoms with Crippen molar-refractivity contribution in [1.82, 2.24) is 0 Å². The third-order valence-corrected chi connectivity index (χ3v) is 6.44. The van der Waals surface area contributed by atoms with Gasteiger partial charge in [0.15, 0.2) is 5.11 Å². The molecule has 0 aliphatic carbocycles. The maximum Gasteiger partial charge on any atom is 0.270 e. The number of rotatable bonds is 3. The van der Waals surface area contributed by atoms with E-state index in [9.17, 15) is 9.59 Å². The number of amides is 2. The summed E-state index contributed by atoms with van der Waals surface area (Å²) in [7, 11) is 0. The maximum absolute atomic E-state index is 13.4. The molecule has 1 saturated heterocycles. The molecule has 2 heterocycles. The number of anilines is 2. The highest BCUT2D eigenvalue weighted by Crippen LogP contribution is 2.32. The Hall–Kier alpha value is -2.80. The molecule has 0 bridgehead atoms. The van der Waals surface area contributed by atoms with E-state index in [0.717, 1.165) is 16.0 Å². The standard InChI is InChI=1S/C23H17ClN2O2S2/c1-14-8-9-17(12-15(14)2)26-22(28)19(13-18-10-11-20(24)30-18)21(27)25(23(26)29)16-6-4-3-5-7-16/h3-13H,1-2H3/b19-13-. The Kier molecular flexibility index (Phi) is 5.56. The van der Waals surface area contributed by atoms with E-state index in [0.29, 0.717) is 15.7 Å². The molecule has 1 aliphatic heterocycles. The van der Waals surface area contributed by atoms with Crippen LogP contribution in [0, 0.1) is 13.8 Å². The largest absolute Gasteiger partial charge is 0.270 e. The van der Waals surface area contributed by atoms with E-state index in [1.807, 2.05) is 50.2 Å². The smallest absolute Gasteiger partial charge is 0.268 e. The van der Waals surface area contributed by atoms with Crippen LogP contribution < -0.4 is 9.80 Å². The van der Waals surface area contributed by atoms with Gasteiger partial charge in [0.05, 0.1) is 15.7 Å². The summed E-state index contributed by atoms with van der Waals surface area (Å²) in [5.41, 5.74) is 3.39. The topological polar surface area (TPSA) is 40.6 Å². The van der Waals surface area contributed by atoms with Crippen LogP contribution in [0.1, 0.15) is 16.0 Å². The van der Waals surface area contributed by atoms with Gasteiger partial charge in [0.1, 0.15) is 5.57 Å². The SMILES string of the molecule is Cc1ccc(N2C(=O)/C(=C\c3ccc(Cl)s3)C(=O)N(c3ccccc3)C2=S)cc1C.